The van der Waals surface area contributed by atoms with Crippen LogP contribution in [0.25, 0.3) is 0 Å². The normalized spacial score (nSPS) is 20.0. The molecule has 0 spiro atoms. The molecule has 1 aromatic carbocycles. The minimum atomic E-state index is -0.547. The number of anilines is 1. The van der Waals surface area contributed by atoms with Gasteiger partial charge in [-0.25, -0.2) is 4.79 Å². The van der Waals surface area contributed by atoms with Crippen molar-refractivity contribution in [1.82, 2.24) is 4.90 Å². The Bertz CT molecular complexity index is 778. The predicted octanol–water partition coefficient (Wildman–Crippen LogP) is 2.80. The fraction of sp³-hybridized carbons (Fsp3) is 0.294. The van der Waals surface area contributed by atoms with E-state index in [2.05, 4.69) is 5.32 Å². The quantitative estimate of drug-likeness (QED) is 0.882. The van der Waals surface area contributed by atoms with E-state index < -0.39 is 12.1 Å². The Morgan fingerprint density at radius 3 is 2.83 bits per heavy atom. The van der Waals surface area contributed by atoms with Crippen molar-refractivity contribution in [2.75, 3.05) is 12.4 Å². The van der Waals surface area contributed by atoms with Crippen LogP contribution in [0.5, 0.6) is 0 Å². The maximum Gasteiger partial charge on any atom is 0.374 e. The Kier molecular flexibility index (Phi) is 3.11. The van der Waals surface area contributed by atoms with Crippen LogP contribution < -0.4 is 5.32 Å². The topological polar surface area (TPSA) is 71.8 Å². The van der Waals surface area contributed by atoms with E-state index in [1.807, 2.05) is 24.3 Å². The molecule has 0 radical (unpaired) electrons. The molecule has 1 N–H and O–H groups in total. The predicted molar refractivity (Wildman–Crippen MR) is 82.0 cm³/mol. The summed E-state index contributed by atoms with van der Waals surface area (Å²) in [5, 5.41) is 3.36. The van der Waals surface area contributed by atoms with E-state index in [9.17, 15) is 9.59 Å². The Labute approximate surface area is 133 Å². The van der Waals surface area contributed by atoms with Crippen LogP contribution in [0.15, 0.2) is 41.0 Å². The van der Waals surface area contributed by atoms with Gasteiger partial charge in [-0.2, -0.15) is 0 Å². The second-order valence-corrected chi connectivity index (χ2v) is 5.73. The largest absolute Gasteiger partial charge is 0.463 e. The van der Waals surface area contributed by atoms with Crippen LogP contribution in [0.2, 0.25) is 0 Å². The molecule has 1 saturated carbocycles. The highest BCUT2D eigenvalue weighted by Crippen LogP contribution is 2.41. The first-order valence-corrected chi connectivity index (χ1v) is 7.54. The number of methoxy groups -OCH3 is 1. The lowest BCUT2D eigenvalue weighted by Crippen LogP contribution is -2.44. The third-order valence-electron chi connectivity index (χ3n) is 4.26. The van der Waals surface area contributed by atoms with Gasteiger partial charge in [-0.3, -0.25) is 4.79 Å². The van der Waals surface area contributed by atoms with Crippen molar-refractivity contribution in [1.29, 1.82) is 0 Å². The van der Waals surface area contributed by atoms with Gasteiger partial charge in [0.05, 0.1) is 18.9 Å². The molecule has 6 heteroatoms. The molecule has 4 rings (SSSR count). The molecule has 1 amide bonds. The lowest BCUT2D eigenvalue weighted by molar-refractivity contribution is 0.0549. The molecule has 1 aromatic heterocycles. The van der Waals surface area contributed by atoms with Crippen molar-refractivity contribution >= 4 is 17.6 Å². The van der Waals surface area contributed by atoms with E-state index in [-0.39, 0.29) is 17.7 Å². The van der Waals surface area contributed by atoms with E-state index in [1.165, 1.54) is 13.4 Å². The number of carbonyl (C=O) groups is 2. The summed E-state index contributed by atoms with van der Waals surface area (Å²) in [5.74, 6) is -0.444. The number of hydrogen-bond donors (Lipinski definition) is 1. The van der Waals surface area contributed by atoms with Gasteiger partial charge in [-0.1, -0.05) is 12.1 Å². The third kappa shape index (κ3) is 2.18. The van der Waals surface area contributed by atoms with Gasteiger partial charge in [0.15, 0.2) is 0 Å². The summed E-state index contributed by atoms with van der Waals surface area (Å²) < 4.78 is 10.1. The molecule has 0 bridgehead atoms. The van der Waals surface area contributed by atoms with Crippen LogP contribution >= 0.6 is 0 Å². The number of furan rings is 1. The highest BCUT2D eigenvalue weighted by Gasteiger charge is 2.43. The van der Waals surface area contributed by atoms with Gasteiger partial charge < -0.3 is 19.4 Å². The van der Waals surface area contributed by atoms with Gasteiger partial charge in [0.2, 0.25) is 5.76 Å². The number of hydrogen-bond acceptors (Lipinski definition) is 5. The Balaban J connectivity index is 1.80. The Morgan fingerprint density at radius 1 is 1.30 bits per heavy atom. The molecular weight excluding hydrogens is 296 g/mol. The summed E-state index contributed by atoms with van der Waals surface area (Å²) in [6.07, 6.45) is 2.95. The number of fused-ring (bicyclic) bond motifs is 1. The zero-order valence-corrected chi connectivity index (χ0v) is 12.6. The van der Waals surface area contributed by atoms with Gasteiger partial charge in [-0.05, 0) is 31.0 Å². The van der Waals surface area contributed by atoms with E-state index in [0.29, 0.717) is 11.1 Å². The number of esters is 1. The smallest absolute Gasteiger partial charge is 0.374 e. The average molecular weight is 312 g/mol. The summed E-state index contributed by atoms with van der Waals surface area (Å²) in [4.78, 5) is 26.6. The minimum Gasteiger partial charge on any atom is -0.463 e. The minimum absolute atomic E-state index is 0.0242. The molecule has 0 unspecified atom stereocenters. The summed E-state index contributed by atoms with van der Waals surface area (Å²) in [5.41, 5.74) is 2.03. The molecule has 1 aliphatic heterocycles. The molecule has 6 nitrogen and oxygen atoms in total. The zero-order valence-electron chi connectivity index (χ0n) is 12.6. The fourth-order valence-corrected chi connectivity index (χ4v) is 3.02. The summed E-state index contributed by atoms with van der Waals surface area (Å²) in [6.45, 7) is 0. The van der Waals surface area contributed by atoms with E-state index in [4.69, 9.17) is 9.15 Å². The van der Waals surface area contributed by atoms with E-state index in [1.54, 1.807) is 11.0 Å². The highest BCUT2D eigenvalue weighted by molar-refractivity contribution is 6.02. The lowest BCUT2D eigenvalue weighted by Gasteiger charge is -2.38. The second kappa shape index (κ2) is 5.15. The number of carbonyl (C=O) groups excluding carboxylic acids is 2. The second-order valence-electron chi connectivity index (χ2n) is 5.73. The number of amides is 1. The van der Waals surface area contributed by atoms with Crippen molar-refractivity contribution < 1.29 is 18.7 Å². The van der Waals surface area contributed by atoms with E-state index in [0.717, 1.165) is 18.5 Å². The van der Waals surface area contributed by atoms with Crippen LogP contribution in [-0.2, 0) is 4.74 Å². The van der Waals surface area contributed by atoms with Crippen molar-refractivity contribution in [2.24, 2.45) is 0 Å². The molecule has 23 heavy (non-hydrogen) atoms. The molecule has 118 valence electrons. The number of ether oxygens (including phenoxy) is 1. The number of rotatable bonds is 3. The lowest BCUT2D eigenvalue weighted by atomic mass is 10.0. The number of para-hydroxylation sites is 1. The average Bonchev–Trinajstić information content (AvgIpc) is 3.29. The number of benzene rings is 1. The van der Waals surface area contributed by atoms with Crippen molar-refractivity contribution in [3.05, 3.63) is 53.5 Å². The molecule has 2 aliphatic rings. The van der Waals surface area contributed by atoms with Gasteiger partial charge in [-0.15, -0.1) is 0 Å². The highest BCUT2D eigenvalue weighted by atomic mass is 16.5. The van der Waals surface area contributed by atoms with E-state index >= 15 is 0 Å². The third-order valence-corrected chi connectivity index (χ3v) is 4.26. The summed E-state index contributed by atoms with van der Waals surface area (Å²) >= 11 is 0. The van der Waals surface area contributed by atoms with Gasteiger partial charge in [0, 0.05) is 17.3 Å². The molecule has 1 aliphatic carbocycles. The van der Waals surface area contributed by atoms with Gasteiger partial charge in [0.1, 0.15) is 6.17 Å². The Hall–Kier alpha value is -2.76. The number of nitrogens with zero attached hydrogens (tertiary/aromatic N) is 1. The fourth-order valence-electron chi connectivity index (χ4n) is 3.02. The van der Waals surface area contributed by atoms with Crippen LogP contribution in [0.3, 0.4) is 0 Å². The van der Waals surface area contributed by atoms with Crippen molar-refractivity contribution in [2.45, 2.75) is 25.0 Å². The molecule has 2 heterocycles. The maximum atomic E-state index is 12.9. The Morgan fingerprint density at radius 2 is 2.09 bits per heavy atom. The first kappa shape index (κ1) is 13.9. The monoisotopic (exact) mass is 312 g/mol. The van der Waals surface area contributed by atoms with Crippen molar-refractivity contribution in [3.8, 4) is 0 Å². The summed E-state index contributed by atoms with van der Waals surface area (Å²) in [7, 11) is 1.31. The number of nitrogens with one attached hydrogen (secondary N) is 1. The van der Waals surface area contributed by atoms with Crippen LogP contribution in [-0.4, -0.2) is 29.9 Å². The zero-order chi connectivity index (χ0) is 16.0. The first-order valence-electron chi connectivity index (χ1n) is 7.54. The van der Waals surface area contributed by atoms with Crippen molar-refractivity contribution in [3.63, 3.8) is 0 Å². The molecular formula is C17H16N2O4. The first-order chi connectivity index (χ1) is 11.2. The summed E-state index contributed by atoms with van der Waals surface area (Å²) in [6, 6.07) is 9.30. The molecule has 2 aromatic rings. The van der Waals surface area contributed by atoms with Crippen LogP contribution in [0.4, 0.5) is 5.69 Å². The molecule has 1 fully saturated rings. The van der Waals surface area contributed by atoms with Gasteiger partial charge in [0.25, 0.3) is 5.91 Å². The SMILES string of the molecule is COC(=O)c1occc1[C@H]1Nc2ccccc2C(=O)N1C1CC1. The van der Waals surface area contributed by atoms with Gasteiger partial charge >= 0.3 is 5.97 Å². The van der Waals surface area contributed by atoms with Crippen LogP contribution in [0.1, 0.15) is 45.5 Å². The molecule has 0 saturated heterocycles. The van der Waals surface area contributed by atoms with Crippen LogP contribution in [0, 0.1) is 0 Å². The standard InChI is InChI=1S/C17H16N2O4/c1-22-17(21)14-12(8-9-23-14)15-18-13-5-3-2-4-11(13)16(20)19(15)10-6-7-10/h2-5,8-10,15,18H,6-7H2,1H3/t15-/m0/s1. The maximum absolute atomic E-state index is 12.9. The molecule has 1 atom stereocenters.